The average Bonchev–Trinajstić information content (AvgIpc) is 3.09. The Balaban J connectivity index is 2.28. The van der Waals surface area contributed by atoms with Gasteiger partial charge in [0, 0.05) is 11.1 Å². The number of hydrogen-bond donors (Lipinski definition) is 1. The third kappa shape index (κ3) is 2.34. The Labute approximate surface area is 126 Å². The topological polar surface area (TPSA) is 92.9 Å². The maximum absolute atomic E-state index is 11.0. The molecule has 3 rings (SSSR count). The third-order valence-electron chi connectivity index (χ3n) is 3.26. The Kier molecular flexibility index (Phi) is 3.42. The van der Waals surface area contributed by atoms with Crippen LogP contribution in [0.4, 0.5) is 5.82 Å². The molecular formula is C17H11N3O2. The standard InChI is InChI=1S/C17H11N3O2/c18-9-13-8-14(12-4-1-3-11(7-12)10-21)16(20-17(13)19)15-5-2-6-22-15/h1-8,10H,(H2,19,20). The monoisotopic (exact) mass is 289 g/mol. The number of nitrogens with two attached hydrogens (primary N) is 1. The predicted molar refractivity (Wildman–Crippen MR) is 81.9 cm³/mol. The van der Waals surface area contributed by atoms with Crippen LogP contribution in [0.1, 0.15) is 15.9 Å². The van der Waals surface area contributed by atoms with E-state index in [-0.39, 0.29) is 11.4 Å². The normalized spacial score (nSPS) is 10.1. The summed E-state index contributed by atoms with van der Waals surface area (Å²) in [4.78, 5) is 15.3. The molecule has 0 aliphatic heterocycles. The van der Waals surface area contributed by atoms with E-state index in [1.165, 1.54) is 6.26 Å². The van der Waals surface area contributed by atoms with Crippen LogP contribution in [0.5, 0.6) is 0 Å². The number of carbonyl (C=O) groups excluding carboxylic acids is 1. The SMILES string of the molecule is N#Cc1cc(-c2cccc(C=O)c2)c(-c2ccco2)nc1N. The molecule has 0 aliphatic rings. The maximum atomic E-state index is 11.0. The van der Waals surface area contributed by atoms with Gasteiger partial charge in [0.25, 0.3) is 0 Å². The Morgan fingerprint density at radius 3 is 2.77 bits per heavy atom. The minimum Gasteiger partial charge on any atom is -0.463 e. The van der Waals surface area contributed by atoms with Crippen molar-refractivity contribution in [2.75, 3.05) is 5.73 Å². The number of aromatic nitrogens is 1. The molecule has 1 aromatic carbocycles. The Bertz CT molecular complexity index is 877. The number of furan rings is 1. The molecule has 2 N–H and O–H groups in total. The zero-order valence-electron chi connectivity index (χ0n) is 11.5. The van der Waals surface area contributed by atoms with Crippen molar-refractivity contribution >= 4 is 12.1 Å². The number of carbonyl (C=O) groups is 1. The van der Waals surface area contributed by atoms with Gasteiger partial charge < -0.3 is 10.2 Å². The molecule has 2 aromatic heterocycles. The van der Waals surface area contributed by atoms with Gasteiger partial charge in [0.05, 0.1) is 11.8 Å². The van der Waals surface area contributed by atoms with E-state index in [9.17, 15) is 4.79 Å². The second-order valence-corrected chi connectivity index (χ2v) is 4.65. The molecule has 0 saturated carbocycles. The van der Waals surface area contributed by atoms with Crippen LogP contribution < -0.4 is 5.73 Å². The smallest absolute Gasteiger partial charge is 0.152 e. The molecule has 2 heterocycles. The zero-order chi connectivity index (χ0) is 15.5. The van der Waals surface area contributed by atoms with Gasteiger partial charge in [-0.15, -0.1) is 0 Å². The lowest BCUT2D eigenvalue weighted by atomic mass is 9.99. The van der Waals surface area contributed by atoms with E-state index in [1.807, 2.05) is 12.1 Å². The number of nitriles is 1. The summed E-state index contributed by atoms with van der Waals surface area (Å²) in [5.74, 6) is 0.687. The quantitative estimate of drug-likeness (QED) is 0.747. The van der Waals surface area contributed by atoms with Crippen LogP contribution in [0.25, 0.3) is 22.6 Å². The molecule has 0 atom stereocenters. The number of pyridine rings is 1. The number of rotatable bonds is 3. The van der Waals surface area contributed by atoms with Crippen LogP contribution in [0.3, 0.4) is 0 Å². The molecule has 5 nitrogen and oxygen atoms in total. The zero-order valence-corrected chi connectivity index (χ0v) is 11.5. The van der Waals surface area contributed by atoms with Crippen molar-refractivity contribution in [3.63, 3.8) is 0 Å². The first-order valence-electron chi connectivity index (χ1n) is 6.53. The van der Waals surface area contributed by atoms with Crippen LogP contribution >= 0.6 is 0 Å². The van der Waals surface area contributed by atoms with Crippen molar-refractivity contribution in [3.05, 3.63) is 59.9 Å². The fourth-order valence-corrected chi connectivity index (χ4v) is 2.22. The van der Waals surface area contributed by atoms with Crippen LogP contribution in [-0.4, -0.2) is 11.3 Å². The predicted octanol–water partition coefficient (Wildman–Crippen LogP) is 3.27. The molecule has 0 aliphatic carbocycles. The van der Waals surface area contributed by atoms with Crippen LogP contribution in [0.2, 0.25) is 0 Å². The van der Waals surface area contributed by atoms with Crippen molar-refractivity contribution in [1.29, 1.82) is 5.26 Å². The summed E-state index contributed by atoms with van der Waals surface area (Å²) in [7, 11) is 0. The summed E-state index contributed by atoms with van der Waals surface area (Å²) in [5.41, 5.74) is 8.61. The van der Waals surface area contributed by atoms with E-state index in [1.54, 1.807) is 36.4 Å². The van der Waals surface area contributed by atoms with Crippen molar-refractivity contribution in [3.8, 4) is 28.7 Å². The van der Waals surface area contributed by atoms with Crippen LogP contribution in [0, 0.1) is 11.3 Å². The Morgan fingerprint density at radius 1 is 1.23 bits per heavy atom. The number of nitrogen functional groups attached to an aromatic ring is 1. The Morgan fingerprint density at radius 2 is 2.09 bits per heavy atom. The molecule has 0 bridgehead atoms. The minimum absolute atomic E-state index is 0.143. The number of aldehydes is 1. The van der Waals surface area contributed by atoms with Gasteiger partial charge in [-0.3, -0.25) is 4.79 Å². The van der Waals surface area contributed by atoms with E-state index in [0.717, 1.165) is 11.8 Å². The first-order valence-corrected chi connectivity index (χ1v) is 6.53. The van der Waals surface area contributed by atoms with Crippen LogP contribution in [-0.2, 0) is 0 Å². The summed E-state index contributed by atoms with van der Waals surface area (Å²) in [6.07, 6.45) is 2.31. The highest BCUT2D eigenvalue weighted by Crippen LogP contribution is 2.33. The van der Waals surface area contributed by atoms with Crippen molar-refractivity contribution in [1.82, 2.24) is 4.98 Å². The number of benzene rings is 1. The summed E-state index contributed by atoms with van der Waals surface area (Å²) in [6.45, 7) is 0. The Hall–Kier alpha value is -3.39. The lowest BCUT2D eigenvalue weighted by Gasteiger charge is -2.10. The molecular weight excluding hydrogens is 278 g/mol. The minimum atomic E-state index is 0.143. The van der Waals surface area contributed by atoms with Crippen molar-refractivity contribution < 1.29 is 9.21 Å². The van der Waals surface area contributed by atoms with Crippen molar-refractivity contribution in [2.24, 2.45) is 0 Å². The van der Waals surface area contributed by atoms with E-state index >= 15 is 0 Å². The van der Waals surface area contributed by atoms with E-state index in [0.29, 0.717) is 22.6 Å². The third-order valence-corrected chi connectivity index (χ3v) is 3.26. The van der Waals surface area contributed by atoms with Crippen LogP contribution in [0.15, 0.2) is 53.1 Å². The fourth-order valence-electron chi connectivity index (χ4n) is 2.22. The summed E-state index contributed by atoms with van der Waals surface area (Å²) < 4.78 is 5.40. The molecule has 0 spiro atoms. The highest BCUT2D eigenvalue weighted by Gasteiger charge is 2.15. The van der Waals surface area contributed by atoms with Gasteiger partial charge >= 0.3 is 0 Å². The second-order valence-electron chi connectivity index (χ2n) is 4.65. The molecule has 0 unspecified atom stereocenters. The second kappa shape index (κ2) is 5.54. The first-order chi connectivity index (χ1) is 10.7. The highest BCUT2D eigenvalue weighted by molar-refractivity contribution is 5.85. The first kappa shape index (κ1) is 13.6. The molecule has 0 fully saturated rings. The van der Waals surface area contributed by atoms with E-state index in [2.05, 4.69) is 4.98 Å². The summed E-state index contributed by atoms with van der Waals surface area (Å²) in [6, 6.07) is 14.2. The molecule has 22 heavy (non-hydrogen) atoms. The average molecular weight is 289 g/mol. The van der Waals surface area contributed by atoms with Gasteiger partial charge in [-0.2, -0.15) is 5.26 Å². The molecule has 3 aromatic rings. The van der Waals surface area contributed by atoms with Gasteiger partial charge in [0.2, 0.25) is 0 Å². The van der Waals surface area contributed by atoms with Gasteiger partial charge in [0.1, 0.15) is 23.9 Å². The number of nitrogens with zero attached hydrogens (tertiary/aromatic N) is 2. The van der Waals surface area contributed by atoms with Crippen molar-refractivity contribution in [2.45, 2.75) is 0 Å². The van der Waals surface area contributed by atoms with Gasteiger partial charge in [0.15, 0.2) is 5.76 Å². The summed E-state index contributed by atoms with van der Waals surface area (Å²) in [5, 5.41) is 9.16. The molecule has 0 radical (unpaired) electrons. The van der Waals surface area contributed by atoms with E-state index in [4.69, 9.17) is 15.4 Å². The molecule has 106 valence electrons. The molecule has 5 heteroatoms. The highest BCUT2D eigenvalue weighted by atomic mass is 16.3. The van der Waals surface area contributed by atoms with Gasteiger partial charge in [-0.25, -0.2) is 4.98 Å². The lowest BCUT2D eigenvalue weighted by molar-refractivity contribution is 0.112. The maximum Gasteiger partial charge on any atom is 0.152 e. The van der Waals surface area contributed by atoms with Gasteiger partial charge in [-0.1, -0.05) is 18.2 Å². The largest absolute Gasteiger partial charge is 0.463 e. The fraction of sp³-hybridized carbons (Fsp3) is 0. The lowest BCUT2D eigenvalue weighted by Crippen LogP contribution is -1.99. The summed E-state index contributed by atoms with van der Waals surface area (Å²) >= 11 is 0. The van der Waals surface area contributed by atoms with Gasteiger partial charge in [-0.05, 0) is 29.8 Å². The number of anilines is 1. The van der Waals surface area contributed by atoms with E-state index < -0.39 is 0 Å². The number of hydrogen-bond acceptors (Lipinski definition) is 5. The molecule has 0 saturated heterocycles. The molecule has 0 amide bonds.